The van der Waals surface area contributed by atoms with Crippen molar-refractivity contribution >= 4 is 28.9 Å². The number of nitrogens with one attached hydrogen (secondary N) is 1. The Morgan fingerprint density at radius 2 is 2.04 bits per heavy atom. The van der Waals surface area contributed by atoms with E-state index in [4.69, 9.17) is 16.7 Å². The zero-order valence-corrected chi connectivity index (χ0v) is 14.7. The molecule has 0 saturated heterocycles. The largest absolute Gasteiger partial charge is 0.478 e. The Labute approximate surface area is 149 Å². The summed E-state index contributed by atoms with van der Waals surface area (Å²) >= 11 is 6.20. The number of nitrogens with zero attached hydrogens (tertiary/aromatic N) is 4. The van der Waals surface area contributed by atoms with Crippen LogP contribution in [0.25, 0.3) is 11.3 Å². The highest BCUT2D eigenvalue weighted by atomic mass is 35.5. The third kappa shape index (κ3) is 3.32. The van der Waals surface area contributed by atoms with E-state index in [0.717, 1.165) is 22.6 Å². The van der Waals surface area contributed by atoms with Gasteiger partial charge in [-0.3, -0.25) is 0 Å². The van der Waals surface area contributed by atoms with Crippen LogP contribution in [0, 0.1) is 13.8 Å². The summed E-state index contributed by atoms with van der Waals surface area (Å²) < 4.78 is 1.68. The van der Waals surface area contributed by atoms with Crippen LogP contribution in [0.2, 0.25) is 5.15 Å². The molecule has 3 rings (SSSR count). The lowest BCUT2D eigenvalue weighted by Crippen LogP contribution is -2.01. The van der Waals surface area contributed by atoms with E-state index >= 15 is 0 Å². The number of carboxylic acid groups (broad SMARTS) is 1. The van der Waals surface area contributed by atoms with E-state index in [1.54, 1.807) is 36.0 Å². The summed E-state index contributed by atoms with van der Waals surface area (Å²) in [7, 11) is 1.81. The van der Waals surface area contributed by atoms with E-state index in [1.165, 1.54) is 0 Å². The molecule has 2 N–H and O–H groups in total. The number of hydrogen-bond acceptors (Lipinski definition) is 5. The fraction of sp³-hybridized carbons (Fsp3) is 0.176. The van der Waals surface area contributed by atoms with Gasteiger partial charge in [0, 0.05) is 24.5 Å². The van der Waals surface area contributed by atoms with Crippen molar-refractivity contribution in [3.63, 3.8) is 0 Å². The number of aryl methyl sites for hydroxylation is 3. The molecule has 0 fully saturated rings. The number of carbonyl (C=O) groups is 1. The monoisotopic (exact) mass is 357 g/mol. The maximum absolute atomic E-state index is 11.1. The second kappa shape index (κ2) is 6.52. The number of aromatic carboxylic acids is 1. The van der Waals surface area contributed by atoms with Gasteiger partial charge >= 0.3 is 5.97 Å². The lowest BCUT2D eigenvalue weighted by Gasteiger charge is -2.12. The summed E-state index contributed by atoms with van der Waals surface area (Å²) in [5.41, 5.74) is 4.73. The average Bonchev–Trinajstić information content (AvgIpc) is 2.88. The van der Waals surface area contributed by atoms with Crippen molar-refractivity contribution in [3.8, 4) is 11.3 Å². The molecule has 0 radical (unpaired) electrons. The molecule has 0 spiro atoms. The van der Waals surface area contributed by atoms with Crippen molar-refractivity contribution in [2.24, 2.45) is 7.05 Å². The summed E-state index contributed by atoms with van der Waals surface area (Å²) in [5.74, 6) is -0.954. The Morgan fingerprint density at radius 1 is 1.28 bits per heavy atom. The number of rotatable bonds is 4. The van der Waals surface area contributed by atoms with E-state index in [0.29, 0.717) is 16.4 Å². The Bertz CT molecular complexity index is 948. The first kappa shape index (κ1) is 16.9. The second-order valence-corrected chi connectivity index (χ2v) is 6.03. The molecular weight excluding hydrogens is 342 g/mol. The molecule has 7 nitrogen and oxygen atoms in total. The van der Waals surface area contributed by atoms with Gasteiger partial charge in [-0.1, -0.05) is 16.8 Å². The lowest BCUT2D eigenvalue weighted by atomic mass is 10.1. The zero-order valence-electron chi connectivity index (χ0n) is 13.9. The smallest absolute Gasteiger partial charge is 0.335 e. The van der Waals surface area contributed by atoms with Crippen LogP contribution < -0.4 is 5.32 Å². The molecule has 2 heterocycles. The van der Waals surface area contributed by atoms with Gasteiger partial charge in [-0.2, -0.15) is 0 Å². The van der Waals surface area contributed by atoms with Crippen molar-refractivity contribution in [2.45, 2.75) is 13.8 Å². The first-order valence-electron chi connectivity index (χ1n) is 7.50. The molecule has 1 aromatic carbocycles. The van der Waals surface area contributed by atoms with Crippen molar-refractivity contribution < 1.29 is 9.90 Å². The van der Waals surface area contributed by atoms with Crippen LogP contribution in [0.4, 0.5) is 11.4 Å². The molecule has 0 aliphatic rings. The summed E-state index contributed by atoms with van der Waals surface area (Å²) in [6, 6.07) is 6.86. The van der Waals surface area contributed by atoms with E-state index in [2.05, 4.69) is 20.6 Å². The number of hydrogen-bond donors (Lipinski definition) is 2. The van der Waals surface area contributed by atoms with E-state index < -0.39 is 5.97 Å². The van der Waals surface area contributed by atoms with Gasteiger partial charge in [-0.25, -0.2) is 14.5 Å². The second-order valence-electron chi connectivity index (χ2n) is 5.67. The molecule has 0 unspecified atom stereocenters. The number of pyridine rings is 1. The standard InChI is InChI=1S/C17H16ClN5O2/c1-9-6-12(4-5-13(9)17(24)25)20-14-7-11(8-19-16(14)18)15-10(2)21-22-23(15)3/h4-8,20H,1-3H3,(H,24,25). The Hall–Kier alpha value is -2.93. The van der Waals surface area contributed by atoms with Gasteiger partial charge in [0.05, 0.1) is 22.6 Å². The number of anilines is 2. The van der Waals surface area contributed by atoms with Crippen molar-refractivity contribution in [2.75, 3.05) is 5.32 Å². The zero-order chi connectivity index (χ0) is 18.1. The summed E-state index contributed by atoms with van der Waals surface area (Å²) in [5, 5.41) is 20.7. The molecule has 0 aliphatic heterocycles. The molecule has 0 atom stereocenters. The van der Waals surface area contributed by atoms with Crippen LogP contribution in [0.15, 0.2) is 30.5 Å². The molecule has 0 aliphatic carbocycles. The Morgan fingerprint density at radius 3 is 2.64 bits per heavy atom. The SMILES string of the molecule is Cc1cc(Nc2cc(-c3c(C)nnn3C)cnc2Cl)ccc1C(=O)O. The van der Waals surface area contributed by atoms with Gasteiger partial charge in [0.15, 0.2) is 5.15 Å². The van der Waals surface area contributed by atoms with Crippen LogP contribution in [0.3, 0.4) is 0 Å². The quantitative estimate of drug-likeness (QED) is 0.693. The number of aromatic nitrogens is 4. The molecule has 0 bridgehead atoms. The van der Waals surface area contributed by atoms with Gasteiger partial charge < -0.3 is 10.4 Å². The van der Waals surface area contributed by atoms with Crippen molar-refractivity contribution in [1.29, 1.82) is 0 Å². The van der Waals surface area contributed by atoms with Gasteiger partial charge in [0.1, 0.15) is 0 Å². The van der Waals surface area contributed by atoms with Crippen LogP contribution >= 0.6 is 11.6 Å². The third-order valence-electron chi connectivity index (χ3n) is 3.84. The minimum atomic E-state index is -0.954. The normalized spacial score (nSPS) is 10.7. The third-order valence-corrected chi connectivity index (χ3v) is 4.14. The van der Waals surface area contributed by atoms with E-state index in [-0.39, 0.29) is 5.56 Å². The highest BCUT2D eigenvalue weighted by Crippen LogP contribution is 2.30. The molecule has 0 saturated carbocycles. The van der Waals surface area contributed by atoms with Gasteiger partial charge in [-0.15, -0.1) is 5.10 Å². The lowest BCUT2D eigenvalue weighted by molar-refractivity contribution is 0.0696. The summed E-state index contributed by atoms with van der Waals surface area (Å²) in [6.07, 6.45) is 1.66. The van der Waals surface area contributed by atoms with Crippen LogP contribution in [0.5, 0.6) is 0 Å². The fourth-order valence-electron chi connectivity index (χ4n) is 2.66. The van der Waals surface area contributed by atoms with Gasteiger partial charge in [0.25, 0.3) is 0 Å². The van der Waals surface area contributed by atoms with Crippen LogP contribution in [-0.2, 0) is 7.05 Å². The fourth-order valence-corrected chi connectivity index (χ4v) is 2.81. The molecular formula is C17H16ClN5O2. The topological polar surface area (TPSA) is 92.9 Å². The van der Waals surface area contributed by atoms with Crippen molar-refractivity contribution in [1.82, 2.24) is 20.0 Å². The number of halogens is 1. The Kier molecular flexibility index (Phi) is 4.41. The minimum absolute atomic E-state index is 0.264. The number of carboxylic acids is 1. The maximum atomic E-state index is 11.1. The van der Waals surface area contributed by atoms with E-state index in [1.807, 2.05) is 20.0 Å². The summed E-state index contributed by atoms with van der Waals surface area (Å²) in [4.78, 5) is 15.3. The minimum Gasteiger partial charge on any atom is -0.478 e. The van der Waals surface area contributed by atoms with Gasteiger partial charge in [-0.05, 0) is 43.7 Å². The van der Waals surface area contributed by atoms with Crippen LogP contribution in [0.1, 0.15) is 21.6 Å². The van der Waals surface area contributed by atoms with E-state index in [9.17, 15) is 4.79 Å². The molecule has 128 valence electrons. The molecule has 0 amide bonds. The Balaban J connectivity index is 1.97. The van der Waals surface area contributed by atoms with Gasteiger partial charge in [0.2, 0.25) is 0 Å². The molecule has 8 heteroatoms. The maximum Gasteiger partial charge on any atom is 0.335 e. The molecule has 3 aromatic rings. The summed E-state index contributed by atoms with van der Waals surface area (Å²) in [6.45, 7) is 3.62. The van der Waals surface area contributed by atoms with Crippen LogP contribution in [-0.4, -0.2) is 31.1 Å². The highest BCUT2D eigenvalue weighted by molar-refractivity contribution is 6.32. The predicted molar refractivity (Wildman–Crippen MR) is 95.4 cm³/mol. The number of benzene rings is 1. The molecule has 2 aromatic heterocycles. The first-order chi connectivity index (χ1) is 11.9. The first-order valence-corrected chi connectivity index (χ1v) is 7.87. The molecule has 25 heavy (non-hydrogen) atoms. The predicted octanol–water partition coefficient (Wildman–Crippen LogP) is 3.59. The average molecular weight is 358 g/mol. The van der Waals surface area contributed by atoms with Crippen molar-refractivity contribution in [3.05, 3.63) is 52.4 Å². The highest BCUT2D eigenvalue weighted by Gasteiger charge is 2.13.